The second-order valence-corrected chi connectivity index (χ2v) is 8.32. The molecular formula is C20H27F6N5O4S. The average molecular weight is 548 g/mol. The van der Waals surface area contributed by atoms with Crippen LogP contribution in [0, 0.1) is 0 Å². The van der Waals surface area contributed by atoms with E-state index in [4.69, 9.17) is 19.8 Å². The monoisotopic (exact) mass is 547 g/mol. The highest BCUT2D eigenvalue weighted by Gasteiger charge is 2.38. The van der Waals surface area contributed by atoms with Crippen LogP contribution in [0.15, 0.2) is 17.8 Å². The van der Waals surface area contributed by atoms with Gasteiger partial charge in [0.25, 0.3) is 0 Å². The second kappa shape index (κ2) is 14.1. The van der Waals surface area contributed by atoms with Crippen LogP contribution in [0.5, 0.6) is 0 Å². The average Bonchev–Trinajstić information content (AvgIpc) is 3.38. The molecule has 9 nitrogen and oxygen atoms in total. The van der Waals surface area contributed by atoms with Crippen molar-refractivity contribution in [3.63, 3.8) is 0 Å². The van der Waals surface area contributed by atoms with Crippen molar-refractivity contribution in [1.82, 2.24) is 24.3 Å². The fraction of sp³-hybridized carbons (Fsp3) is 0.600. The van der Waals surface area contributed by atoms with Gasteiger partial charge in [-0.3, -0.25) is 9.80 Å². The van der Waals surface area contributed by atoms with Gasteiger partial charge in [0, 0.05) is 50.4 Å². The van der Waals surface area contributed by atoms with Gasteiger partial charge in [-0.25, -0.2) is 19.6 Å². The molecular weight excluding hydrogens is 520 g/mol. The van der Waals surface area contributed by atoms with Gasteiger partial charge in [-0.2, -0.15) is 26.3 Å². The number of alkyl halides is 6. The molecule has 0 spiro atoms. The van der Waals surface area contributed by atoms with Crippen LogP contribution in [0.4, 0.5) is 26.3 Å². The maximum absolute atomic E-state index is 10.6. The predicted molar refractivity (Wildman–Crippen MR) is 117 cm³/mol. The summed E-state index contributed by atoms with van der Waals surface area (Å²) in [5.74, 6) is -4.27. The number of nitrogens with zero attached hydrogens (tertiary/aromatic N) is 5. The quantitative estimate of drug-likeness (QED) is 0.529. The lowest BCUT2D eigenvalue weighted by atomic mass is 10.3. The zero-order valence-electron chi connectivity index (χ0n) is 19.5. The van der Waals surface area contributed by atoms with Gasteiger partial charge in [0.05, 0.1) is 12.2 Å². The van der Waals surface area contributed by atoms with E-state index in [-0.39, 0.29) is 0 Å². The van der Waals surface area contributed by atoms with E-state index in [0.29, 0.717) is 0 Å². The SMILES string of the molecule is CCN(CC)Cc1cnc2n1CCN(Cc1nccs1)CC2.O=C(O)C(F)(F)F.O=C(O)C(F)(F)F. The Labute approximate surface area is 207 Å². The molecule has 0 fully saturated rings. The minimum absolute atomic E-state index is 0.966. The molecule has 1 aliphatic heterocycles. The van der Waals surface area contributed by atoms with Crippen molar-refractivity contribution in [2.24, 2.45) is 0 Å². The van der Waals surface area contributed by atoms with E-state index in [1.807, 2.05) is 6.20 Å². The fourth-order valence-corrected chi connectivity index (χ4v) is 3.68. The van der Waals surface area contributed by atoms with E-state index in [1.165, 1.54) is 16.5 Å². The number of carboxylic acid groups (broad SMARTS) is 2. The van der Waals surface area contributed by atoms with Crippen LogP contribution in [0.2, 0.25) is 0 Å². The van der Waals surface area contributed by atoms with Crippen LogP contribution in [0.1, 0.15) is 30.4 Å². The van der Waals surface area contributed by atoms with Gasteiger partial charge >= 0.3 is 24.3 Å². The number of hydrogen-bond donors (Lipinski definition) is 2. The Balaban J connectivity index is 0.000000383. The Bertz CT molecular complexity index is 922. The molecule has 36 heavy (non-hydrogen) atoms. The molecule has 2 aromatic rings. The number of aliphatic carboxylic acids is 2. The van der Waals surface area contributed by atoms with Crippen molar-refractivity contribution in [2.45, 2.75) is 52.3 Å². The number of rotatable bonds is 6. The minimum atomic E-state index is -5.08. The third-order valence-corrected chi connectivity index (χ3v) is 5.68. The third kappa shape index (κ3) is 10.9. The van der Waals surface area contributed by atoms with Crippen molar-refractivity contribution < 1.29 is 46.1 Å². The molecule has 0 saturated carbocycles. The largest absolute Gasteiger partial charge is 0.490 e. The number of aromatic nitrogens is 3. The summed E-state index contributed by atoms with van der Waals surface area (Å²) in [6, 6.07) is 0. The van der Waals surface area contributed by atoms with Crippen LogP contribution in [0.3, 0.4) is 0 Å². The number of hydrogen-bond acceptors (Lipinski definition) is 7. The molecule has 0 bridgehead atoms. The zero-order chi connectivity index (χ0) is 27.5. The summed E-state index contributed by atoms with van der Waals surface area (Å²) in [4.78, 5) is 31.8. The van der Waals surface area contributed by atoms with E-state index >= 15 is 0 Å². The maximum Gasteiger partial charge on any atom is 0.490 e. The van der Waals surface area contributed by atoms with Crippen molar-refractivity contribution in [2.75, 3.05) is 26.2 Å². The number of halogens is 6. The second-order valence-electron chi connectivity index (χ2n) is 7.34. The summed E-state index contributed by atoms with van der Waals surface area (Å²) in [5.41, 5.74) is 1.36. The smallest absolute Gasteiger partial charge is 0.475 e. The molecule has 3 rings (SSSR count). The number of fused-ring (bicyclic) bond motifs is 1. The van der Waals surface area contributed by atoms with Crippen LogP contribution in [-0.2, 0) is 35.6 Å². The Morgan fingerprint density at radius 3 is 2.00 bits per heavy atom. The number of imidazole rings is 1. The highest BCUT2D eigenvalue weighted by molar-refractivity contribution is 7.09. The molecule has 2 N–H and O–H groups in total. The Morgan fingerprint density at radius 2 is 1.56 bits per heavy atom. The molecule has 0 saturated heterocycles. The molecule has 0 amide bonds. The summed E-state index contributed by atoms with van der Waals surface area (Å²) < 4.78 is 65.9. The summed E-state index contributed by atoms with van der Waals surface area (Å²) in [6.07, 6.45) is -5.17. The third-order valence-electron chi connectivity index (χ3n) is 4.92. The summed E-state index contributed by atoms with van der Waals surface area (Å²) in [7, 11) is 0. The first-order valence-electron chi connectivity index (χ1n) is 10.7. The lowest BCUT2D eigenvalue weighted by Crippen LogP contribution is -2.27. The van der Waals surface area contributed by atoms with Crippen LogP contribution in [0.25, 0.3) is 0 Å². The topological polar surface area (TPSA) is 112 Å². The van der Waals surface area contributed by atoms with Gasteiger partial charge < -0.3 is 14.8 Å². The molecule has 0 radical (unpaired) electrons. The molecule has 0 aromatic carbocycles. The number of carbonyl (C=O) groups is 2. The predicted octanol–water partition coefficient (Wildman–Crippen LogP) is 3.51. The van der Waals surface area contributed by atoms with Gasteiger partial charge in [0.2, 0.25) is 0 Å². The van der Waals surface area contributed by atoms with Gasteiger partial charge in [0.15, 0.2) is 0 Å². The molecule has 3 heterocycles. The van der Waals surface area contributed by atoms with Crippen LogP contribution < -0.4 is 0 Å². The van der Waals surface area contributed by atoms with E-state index in [0.717, 1.165) is 52.2 Å². The first kappa shape index (κ1) is 31.3. The highest BCUT2D eigenvalue weighted by atomic mass is 32.1. The molecule has 0 atom stereocenters. The van der Waals surface area contributed by atoms with E-state index < -0.39 is 24.3 Å². The van der Waals surface area contributed by atoms with Crippen molar-refractivity contribution >= 4 is 23.3 Å². The van der Waals surface area contributed by atoms with E-state index in [9.17, 15) is 26.3 Å². The fourth-order valence-electron chi connectivity index (χ4n) is 3.02. The van der Waals surface area contributed by atoms with Crippen molar-refractivity contribution in [1.29, 1.82) is 0 Å². The Kier molecular flexibility index (Phi) is 12.3. The van der Waals surface area contributed by atoms with Crippen molar-refractivity contribution in [3.05, 3.63) is 34.3 Å². The summed E-state index contributed by atoms with van der Waals surface area (Å²) in [6.45, 7) is 11.8. The number of thiazole rings is 1. The highest BCUT2D eigenvalue weighted by Crippen LogP contribution is 2.16. The van der Waals surface area contributed by atoms with Gasteiger partial charge in [-0.15, -0.1) is 11.3 Å². The molecule has 1 aliphatic rings. The maximum atomic E-state index is 10.6. The Hall–Kier alpha value is -2.72. The lowest BCUT2D eigenvalue weighted by Gasteiger charge is -2.20. The standard InChI is InChI=1S/C16H25N5S.2C2HF3O2/c1-3-19(4-2)12-14-11-18-15-5-7-20(8-9-21(14)15)13-16-17-6-10-22-16;2*3-2(4,5)1(6)7/h6,10-11H,3-5,7-9,12-13H2,1-2H3;2*(H,6,7). The van der Waals surface area contributed by atoms with Gasteiger partial charge in [0.1, 0.15) is 10.8 Å². The first-order valence-corrected chi connectivity index (χ1v) is 11.5. The molecule has 204 valence electrons. The summed E-state index contributed by atoms with van der Waals surface area (Å²) >= 11 is 1.74. The van der Waals surface area contributed by atoms with Crippen molar-refractivity contribution in [3.8, 4) is 0 Å². The zero-order valence-corrected chi connectivity index (χ0v) is 20.3. The summed E-state index contributed by atoms with van der Waals surface area (Å²) in [5, 5.41) is 17.5. The van der Waals surface area contributed by atoms with E-state index in [1.54, 1.807) is 11.3 Å². The van der Waals surface area contributed by atoms with E-state index in [2.05, 4.69) is 49.8 Å². The first-order chi connectivity index (χ1) is 16.7. The van der Waals surface area contributed by atoms with Gasteiger partial charge in [-0.1, -0.05) is 13.8 Å². The van der Waals surface area contributed by atoms with Crippen LogP contribution in [-0.4, -0.2) is 85.0 Å². The molecule has 0 unspecified atom stereocenters. The van der Waals surface area contributed by atoms with Crippen LogP contribution >= 0.6 is 11.3 Å². The molecule has 2 aromatic heterocycles. The number of carboxylic acids is 2. The molecule has 16 heteroatoms. The molecule has 0 aliphatic carbocycles. The normalized spacial score (nSPS) is 14.1. The minimum Gasteiger partial charge on any atom is -0.475 e. The van der Waals surface area contributed by atoms with Gasteiger partial charge in [-0.05, 0) is 13.1 Å². The lowest BCUT2D eigenvalue weighted by molar-refractivity contribution is -0.193. The Morgan fingerprint density at radius 1 is 1.00 bits per heavy atom.